The Kier molecular flexibility index (Phi) is 37.0. The summed E-state index contributed by atoms with van der Waals surface area (Å²) < 4.78 is 17.3. The third-order valence-electron chi connectivity index (χ3n) is 10.8. The molecule has 0 aromatic carbocycles. The van der Waals surface area contributed by atoms with Crippen molar-refractivity contribution in [3.63, 3.8) is 0 Å². The molecule has 8 nitrogen and oxygen atoms in total. The molecular formula is C46H90NO7+. The molecule has 1 N–H and O–H groups in total. The smallest absolute Gasteiger partial charge is 0.362 e. The maximum atomic E-state index is 12.7. The van der Waals surface area contributed by atoms with Crippen LogP contribution in [-0.4, -0.2) is 80.6 Å². The van der Waals surface area contributed by atoms with Gasteiger partial charge in [0.25, 0.3) is 0 Å². The van der Waals surface area contributed by atoms with Crippen molar-refractivity contribution in [2.45, 2.75) is 238 Å². The van der Waals surface area contributed by atoms with Gasteiger partial charge in [-0.25, -0.2) is 4.79 Å². The molecule has 0 bridgehead atoms. The Morgan fingerprint density at radius 1 is 0.481 bits per heavy atom. The van der Waals surface area contributed by atoms with Crippen LogP contribution < -0.4 is 0 Å². The number of ether oxygens (including phenoxy) is 3. The normalized spacial score (nSPS) is 12.8. The molecule has 54 heavy (non-hydrogen) atoms. The van der Waals surface area contributed by atoms with Gasteiger partial charge < -0.3 is 23.8 Å². The number of hydrogen-bond acceptors (Lipinski definition) is 6. The van der Waals surface area contributed by atoms with Crippen LogP contribution in [0.4, 0.5) is 0 Å². The summed E-state index contributed by atoms with van der Waals surface area (Å²) in [6.45, 7) is 4.78. The monoisotopic (exact) mass is 769 g/mol. The van der Waals surface area contributed by atoms with E-state index in [-0.39, 0.29) is 36.2 Å². The van der Waals surface area contributed by atoms with Crippen molar-refractivity contribution in [3.8, 4) is 0 Å². The van der Waals surface area contributed by atoms with E-state index in [1.807, 2.05) is 21.1 Å². The van der Waals surface area contributed by atoms with Crippen molar-refractivity contribution in [1.82, 2.24) is 0 Å². The molecule has 0 aliphatic heterocycles. The highest BCUT2D eigenvalue weighted by atomic mass is 16.6. The van der Waals surface area contributed by atoms with E-state index in [4.69, 9.17) is 14.2 Å². The maximum Gasteiger partial charge on any atom is 0.362 e. The summed E-state index contributed by atoms with van der Waals surface area (Å²) in [7, 11) is 5.54. The first kappa shape index (κ1) is 52.3. The van der Waals surface area contributed by atoms with Crippen LogP contribution in [0.25, 0.3) is 0 Å². The molecule has 0 aromatic rings. The number of aliphatic carboxylic acids is 1. The van der Waals surface area contributed by atoms with Gasteiger partial charge in [-0.1, -0.05) is 194 Å². The van der Waals surface area contributed by atoms with Crippen LogP contribution in [0.1, 0.15) is 226 Å². The molecule has 0 aliphatic carbocycles. The Morgan fingerprint density at radius 3 is 1.15 bits per heavy atom. The van der Waals surface area contributed by atoms with E-state index in [0.29, 0.717) is 19.3 Å². The van der Waals surface area contributed by atoms with E-state index >= 15 is 0 Å². The SMILES string of the molecule is CCCCCCCCCCCCCCCCCC(=O)OCC(COCCC(C(=O)O)[N+](C)(C)C)OC(=O)CCCCCCCCCCCCCCCCC. The first-order valence-corrected chi connectivity index (χ1v) is 23.1. The van der Waals surface area contributed by atoms with E-state index < -0.39 is 18.1 Å². The number of likely N-dealkylation sites (N-methyl/N-ethyl adjacent to an activating group) is 1. The van der Waals surface area contributed by atoms with Gasteiger partial charge in [-0.05, 0) is 12.8 Å². The molecule has 320 valence electrons. The maximum absolute atomic E-state index is 12.7. The molecule has 2 atom stereocenters. The minimum atomic E-state index is -0.870. The molecule has 0 saturated carbocycles. The van der Waals surface area contributed by atoms with Gasteiger partial charge in [0.2, 0.25) is 0 Å². The zero-order chi connectivity index (χ0) is 40.0. The van der Waals surface area contributed by atoms with Crippen LogP contribution in [0.5, 0.6) is 0 Å². The number of esters is 2. The Bertz CT molecular complexity index is 858. The third-order valence-corrected chi connectivity index (χ3v) is 10.8. The first-order valence-electron chi connectivity index (χ1n) is 23.1. The summed E-state index contributed by atoms with van der Waals surface area (Å²) in [6, 6.07) is -0.608. The summed E-state index contributed by atoms with van der Waals surface area (Å²) in [6.07, 6.45) is 38.5. The number of quaternary nitrogens is 1. The largest absolute Gasteiger partial charge is 0.477 e. The molecule has 0 fully saturated rings. The summed E-state index contributed by atoms with van der Waals surface area (Å²) in [5.41, 5.74) is 0. The Hall–Kier alpha value is -1.67. The van der Waals surface area contributed by atoms with Gasteiger partial charge in [0.15, 0.2) is 12.1 Å². The minimum absolute atomic E-state index is 0.0418. The summed E-state index contributed by atoms with van der Waals surface area (Å²) in [4.78, 5) is 37.0. The molecule has 8 heteroatoms. The van der Waals surface area contributed by atoms with Crippen LogP contribution in [-0.2, 0) is 28.6 Å². The van der Waals surface area contributed by atoms with E-state index in [9.17, 15) is 19.5 Å². The van der Waals surface area contributed by atoms with Gasteiger partial charge in [-0.3, -0.25) is 9.59 Å². The first-order chi connectivity index (χ1) is 26.1. The molecule has 0 saturated heterocycles. The molecule has 0 rings (SSSR count). The van der Waals surface area contributed by atoms with Gasteiger partial charge in [0.1, 0.15) is 6.61 Å². The second kappa shape index (κ2) is 38.2. The van der Waals surface area contributed by atoms with Crippen molar-refractivity contribution in [2.75, 3.05) is 41.0 Å². The number of rotatable bonds is 42. The fraction of sp³-hybridized carbons (Fsp3) is 0.935. The second-order valence-corrected chi connectivity index (χ2v) is 17.0. The summed E-state index contributed by atoms with van der Waals surface area (Å²) in [5, 5.41) is 9.62. The predicted octanol–water partition coefficient (Wildman–Crippen LogP) is 12.5. The lowest BCUT2D eigenvalue weighted by atomic mass is 10.0. The zero-order valence-corrected chi connectivity index (χ0v) is 36.5. The van der Waals surface area contributed by atoms with Crippen LogP contribution in [0.3, 0.4) is 0 Å². The standard InChI is InChI=1S/C46H89NO7/c1-6-8-10-12-14-16-18-20-22-24-26-28-30-32-34-36-44(48)53-41-42(40-52-39-38-43(46(50)51)47(3,4)5)54-45(49)37-35-33-31-29-27-25-23-21-19-17-15-13-11-9-7-2/h42-43H,6-41H2,1-5H3/p+1. The van der Waals surface area contributed by atoms with Crippen LogP contribution in [0, 0.1) is 0 Å². The minimum Gasteiger partial charge on any atom is -0.477 e. The lowest BCUT2D eigenvalue weighted by molar-refractivity contribution is -0.887. The molecule has 0 radical (unpaired) electrons. The highest BCUT2D eigenvalue weighted by Gasteiger charge is 2.31. The Labute approximate surface area is 334 Å². The molecule has 0 amide bonds. The Balaban J connectivity index is 4.27. The zero-order valence-electron chi connectivity index (χ0n) is 36.5. The fourth-order valence-electron chi connectivity index (χ4n) is 7.15. The number of nitrogens with zero attached hydrogens (tertiary/aromatic N) is 1. The quantitative estimate of drug-likeness (QED) is 0.0375. The molecule has 0 spiro atoms. The van der Waals surface area contributed by atoms with Gasteiger partial charge in [-0.2, -0.15) is 0 Å². The van der Waals surface area contributed by atoms with Crippen molar-refractivity contribution in [1.29, 1.82) is 0 Å². The van der Waals surface area contributed by atoms with Gasteiger partial charge in [-0.15, -0.1) is 0 Å². The molecule has 0 aromatic heterocycles. The van der Waals surface area contributed by atoms with Crippen LogP contribution in [0.2, 0.25) is 0 Å². The van der Waals surface area contributed by atoms with E-state index in [1.165, 1.54) is 154 Å². The summed E-state index contributed by atoms with van der Waals surface area (Å²) >= 11 is 0. The van der Waals surface area contributed by atoms with Crippen molar-refractivity contribution in [2.24, 2.45) is 0 Å². The number of carboxylic acids is 1. The average molecular weight is 769 g/mol. The van der Waals surface area contributed by atoms with E-state index in [2.05, 4.69) is 13.8 Å². The van der Waals surface area contributed by atoms with E-state index in [0.717, 1.165) is 38.5 Å². The molecular weight excluding hydrogens is 679 g/mol. The molecule has 0 heterocycles. The van der Waals surface area contributed by atoms with Crippen LogP contribution in [0.15, 0.2) is 0 Å². The number of carbonyl (C=O) groups is 3. The van der Waals surface area contributed by atoms with Crippen molar-refractivity contribution < 1.29 is 38.2 Å². The number of hydrogen-bond donors (Lipinski definition) is 1. The predicted molar refractivity (Wildman–Crippen MR) is 225 cm³/mol. The van der Waals surface area contributed by atoms with Gasteiger partial charge >= 0.3 is 17.9 Å². The average Bonchev–Trinajstić information content (AvgIpc) is 3.12. The van der Waals surface area contributed by atoms with Crippen molar-refractivity contribution in [3.05, 3.63) is 0 Å². The highest BCUT2D eigenvalue weighted by molar-refractivity contribution is 5.72. The van der Waals surface area contributed by atoms with E-state index in [1.54, 1.807) is 0 Å². The topological polar surface area (TPSA) is 99.1 Å². The number of carbonyl (C=O) groups excluding carboxylic acids is 2. The van der Waals surface area contributed by atoms with Gasteiger partial charge in [0.05, 0.1) is 34.4 Å². The van der Waals surface area contributed by atoms with Crippen LogP contribution >= 0.6 is 0 Å². The highest BCUT2D eigenvalue weighted by Crippen LogP contribution is 2.16. The third kappa shape index (κ3) is 36.0. The summed E-state index contributed by atoms with van der Waals surface area (Å²) in [5.74, 6) is -1.44. The Morgan fingerprint density at radius 2 is 0.815 bits per heavy atom. The number of carboxylic acid groups (broad SMARTS) is 1. The lowest BCUT2D eigenvalue weighted by Gasteiger charge is -2.31. The molecule has 2 unspecified atom stereocenters. The molecule has 0 aliphatic rings. The lowest BCUT2D eigenvalue weighted by Crippen LogP contribution is -2.50. The fourth-order valence-corrected chi connectivity index (χ4v) is 7.15. The second-order valence-electron chi connectivity index (χ2n) is 17.0. The number of unbranched alkanes of at least 4 members (excludes halogenated alkanes) is 28. The van der Waals surface area contributed by atoms with Gasteiger partial charge in [0, 0.05) is 19.3 Å². The van der Waals surface area contributed by atoms with Crippen molar-refractivity contribution >= 4 is 17.9 Å².